The standard InChI is InChI=1S/C34H35N9O3/c1-7-29(44)36-24-13-25(28(45-6)14-27(24)43(5)32-22-16-41(3)17-23(22)32)37-34-35-15-20(33-40-39-30(8-2)46-33)31(38-34)21-18-42(4)26-12-10-9-11-19(21)26/h7,9-15,18,22H,1,8,16-17H2,2-6H3,(H,36,44)(H,35,37,38). The number of hydrogen-bond acceptors (Lipinski definition) is 10. The van der Waals surface area contributed by atoms with E-state index in [9.17, 15) is 4.79 Å². The first kappa shape index (κ1) is 29.2. The Bertz CT molecular complexity index is 2040. The second-order valence-electron chi connectivity index (χ2n) is 11.6. The highest BCUT2D eigenvalue weighted by molar-refractivity contribution is 6.03. The summed E-state index contributed by atoms with van der Waals surface area (Å²) in [6.45, 7) is 7.54. The lowest BCUT2D eigenvalue weighted by Crippen LogP contribution is -2.22. The molecule has 0 saturated carbocycles. The summed E-state index contributed by atoms with van der Waals surface area (Å²) in [7, 11) is 7.76. The molecule has 1 atom stereocenters. The molecule has 2 N–H and O–H groups in total. The monoisotopic (exact) mass is 617 g/mol. The molecule has 1 saturated heterocycles. The number of para-hydroxylation sites is 1. The molecular weight excluding hydrogens is 582 g/mol. The van der Waals surface area contributed by atoms with Crippen LogP contribution in [0.2, 0.25) is 0 Å². The van der Waals surface area contributed by atoms with Crippen LogP contribution in [-0.2, 0) is 18.3 Å². The van der Waals surface area contributed by atoms with Crippen molar-refractivity contribution >= 4 is 39.8 Å². The molecule has 0 bridgehead atoms. The van der Waals surface area contributed by atoms with E-state index in [1.54, 1.807) is 13.3 Å². The van der Waals surface area contributed by atoms with Gasteiger partial charge in [-0.25, -0.2) is 9.97 Å². The highest BCUT2D eigenvalue weighted by atomic mass is 16.5. The van der Waals surface area contributed by atoms with Crippen LogP contribution in [0.15, 0.2) is 77.1 Å². The second-order valence-corrected chi connectivity index (χ2v) is 11.6. The van der Waals surface area contributed by atoms with Gasteiger partial charge in [-0.3, -0.25) is 4.79 Å². The molecular formula is C34H35N9O3. The Morgan fingerprint density at radius 1 is 1.20 bits per heavy atom. The lowest BCUT2D eigenvalue weighted by atomic mass is 10.1. The van der Waals surface area contributed by atoms with Crippen LogP contribution in [0.4, 0.5) is 23.0 Å². The lowest BCUT2D eigenvalue weighted by Gasteiger charge is -2.24. The van der Waals surface area contributed by atoms with E-state index in [4.69, 9.17) is 14.1 Å². The quantitative estimate of drug-likeness (QED) is 0.197. The Balaban J connectivity index is 1.31. The van der Waals surface area contributed by atoms with Gasteiger partial charge in [0, 0.05) is 80.1 Å². The second kappa shape index (κ2) is 11.5. The van der Waals surface area contributed by atoms with Gasteiger partial charge in [-0.15, -0.1) is 10.2 Å². The first-order chi connectivity index (χ1) is 22.3. The van der Waals surface area contributed by atoms with Gasteiger partial charge in [0.25, 0.3) is 5.89 Å². The molecule has 5 aromatic rings. The van der Waals surface area contributed by atoms with Gasteiger partial charge in [0.15, 0.2) is 0 Å². The van der Waals surface area contributed by atoms with E-state index in [0.29, 0.717) is 58.5 Å². The molecule has 2 aromatic carbocycles. The molecule has 4 heterocycles. The maximum absolute atomic E-state index is 12.5. The SMILES string of the molecule is C=CC(=O)Nc1cc(Nc2ncc(-c3nnc(CC)o3)c(-c3cn(C)c4ccccc34)n2)c(OC)cc1N(C)C1=C2CN(C)CC21. The van der Waals surface area contributed by atoms with E-state index in [-0.39, 0.29) is 5.91 Å². The van der Waals surface area contributed by atoms with Crippen molar-refractivity contribution in [3.8, 4) is 28.5 Å². The predicted molar refractivity (Wildman–Crippen MR) is 178 cm³/mol. The molecule has 1 aliphatic heterocycles. The van der Waals surface area contributed by atoms with Crippen LogP contribution in [0, 0.1) is 5.92 Å². The third-order valence-corrected chi connectivity index (χ3v) is 8.60. The van der Waals surface area contributed by atoms with Gasteiger partial charge in [0.1, 0.15) is 5.75 Å². The molecule has 3 aromatic heterocycles. The Kier molecular flexibility index (Phi) is 7.28. The van der Waals surface area contributed by atoms with Crippen molar-refractivity contribution in [2.24, 2.45) is 13.0 Å². The van der Waals surface area contributed by atoms with Crippen molar-refractivity contribution in [3.05, 3.63) is 78.6 Å². The smallest absolute Gasteiger partial charge is 0.251 e. The number of benzene rings is 2. The number of nitrogens with zero attached hydrogens (tertiary/aromatic N) is 7. The average molecular weight is 618 g/mol. The van der Waals surface area contributed by atoms with E-state index in [2.05, 4.69) is 65.9 Å². The number of fused-ring (bicyclic) bond motifs is 2. The largest absolute Gasteiger partial charge is 0.494 e. The van der Waals surface area contributed by atoms with Crippen molar-refractivity contribution in [1.29, 1.82) is 0 Å². The Morgan fingerprint density at radius 3 is 2.74 bits per heavy atom. The zero-order valence-electron chi connectivity index (χ0n) is 26.5. The number of carbonyl (C=O) groups excluding carboxylic acids is 1. The van der Waals surface area contributed by atoms with Gasteiger partial charge < -0.3 is 34.2 Å². The fourth-order valence-electron chi connectivity index (χ4n) is 6.30. The van der Waals surface area contributed by atoms with Gasteiger partial charge in [-0.05, 0) is 30.8 Å². The molecule has 12 nitrogen and oxygen atoms in total. The normalized spacial score (nSPS) is 15.6. The van der Waals surface area contributed by atoms with Crippen LogP contribution in [0.5, 0.6) is 5.75 Å². The maximum atomic E-state index is 12.5. The van der Waals surface area contributed by atoms with Gasteiger partial charge >= 0.3 is 0 Å². The lowest BCUT2D eigenvalue weighted by molar-refractivity contribution is -0.111. The van der Waals surface area contributed by atoms with E-state index >= 15 is 0 Å². The number of hydrogen-bond donors (Lipinski definition) is 2. The van der Waals surface area contributed by atoms with Gasteiger partial charge in [0.2, 0.25) is 17.7 Å². The number of amides is 1. The molecule has 234 valence electrons. The fraction of sp³-hybridized carbons (Fsp3) is 0.265. The number of likely N-dealkylation sites (tertiary alicyclic amines) is 1. The minimum absolute atomic E-state index is 0.316. The maximum Gasteiger partial charge on any atom is 0.251 e. The van der Waals surface area contributed by atoms with E-state index < -0.39 is 0 Å². The minimum Gasteiger partial charge on any atom is -0.494 e. The van der Waals surface area contributed by atoms with E-state index in [0.717, 1.165) is 35.2 Å². The Morgan fingerprint density at radius 2 is 2.02 bits per heavy atom. The number of rotatable bonds is 10. The van der Waals surface area contributed by atoms with Crippen LogP contribution >= 0.6 is 0 Å². The molecule has 1 fully saturated rings. The van der Waals surface area contributed by atoms with Crippen molar-refractivity contribution in [2.75, 3.05) is 49.8 Å². The molecule has 0 spiro atoms. The third-order valence-electron chi connectivity index (χ3n) is 8.60. The molecule has 1 amide bonds. The predicted octanol–water partition coefficient (Wildman–Crippen LogP) is 5.39. The van der Waals surface area contributed by atoms with Gasteiger partial charge in [-0.2, -0.15) is 0 Å². The number of aryl methyl sites for hydroxylation is 2. The average Bonchev–Trinajstić information content (AvgIpc) is 3.41. The molecule has 7 rings (SSSR count). The van der Waals surface area contributed by atoms with Crippen LogP contribution in [0.3, 0.4) is 0 Å². The number of carbonyl (C=O) groups is 1. The zero-order chi connectivity index (χ0) is 32.1. The zero-order valence-corrected chi connectivity index (χ0v) is 26.5. The summed E-state index contributed by atoms with van der Waals surface area (Å²) in [6.07, 6.45) is 5.59. The molecule has 1 aliphatic carbocycles. The number of aromatic nitrogens is 5. The van der Waals surface area contributed by atoms with Crippen molar-refractivity contribution in [3.63, 3.8) is 0 Å². The van der Waals surface area contributed by atoms with Crippen LogP contribution in [0.25, 0.3) is 33.6 Å². The molecule has 2 aliphatic rings. The third kappa shape index (κ3) is 5.06. The topological polar surface area (TPSA) is 126 Å². The summed E-state index contributed by atoms with van der Waals surface area (Å²) < 4.78 is 13.9. The summed E-state index contributed by atoms with van der Waals surface area (Å²) in [5, 5.41) is 15.8. The van der Waals surface area contributed by atoms with Crippen LogP contribution in [0.1, 0.15) is 12.8 Å². The number of ether oxygens (including phenoxy) is 1. The molecule has 12 heteroatoms. The van der Waals surface area contributed by atoms with Crippen molar-refractivity contribution in [2.45, 2.75) is 13.3 Å². The summed E-state index contributed by atoms with van der Waals surface area (Å²) in [6, 6.07) is 11.9. The molecule has 1 unspecified atom stereocenters. The van der Waals surface area contributed by atoms with Gasteiger partial charge in [0.05, 0.1) is 35.4 Å². The Hall–Kier alpha value is -5.49. The van der Waals surface area contributed by atoms with Crippen molar-refractivity contribution < 1.29 is 13.9 Å². The Labute approximate surface area is 266 Å². The minimum atomic E-state index is -0.316. The van der Waals surface area contributed by atoms with E-state index in [1.165, 1.54) is 17.3 Å². The van der Waals surface area contributed by atoms with Crippen LogP contribution in [-0.4, -0.2) is 69.8 Å². The number of methoxy groups -OCH3 is 1. The van der Waals surface area contributed by atoms with Crippen LogP contribution < -0.4 is 20.3 Å². The van der Waals surface area contributed by atoms with E-state index in [1.807, 2.05) is 51.5 Å². The molecule has 0 radical (unpaired) electrons. The fourth-order valence-corrected chi connectivity index (χ4v) is 6.30. The summed E-state index contributed by atoms with van der Waals surface area (Å²) in [4.78, 5) is 26.6. The first-order valence-corrected chi connectivity index (χ1v) is 15.1. The highest BCUT2D eigenvalue weighted by Gasteiger charge is 2.45. The summed E-state index contributed by atoms with van der Waals surface area (Å²) >= 11 is 0. The van der Waals surface area contributed by atoms with Crippen molar-refractivity contribution in [1.82, 2.24) is 29.6 Å². The highest BCUT2D eigenvalue weighted by Crippen LogP contribution is 2.50. The number of likely N-dealkylation sites (N-methyl/N-ethyl adjacent to an activating group) is 1. The van der Waals surface area contributed by atoms with Gasteiger partial charge in [-0.1, -0.05) is 31.7 Å². The number of anilines is 4. The first-order valence-electron chi connectivity index (χ1n) is 15.1. The summed E-state index contributed by atoms with van der Waals surface area (Å²) in [5.74, 6) is 1.89. The summed E-state index contributed by atoms with van der Waals surface area (Å²) in [5.41, 5.74) is 7.90. The number of nitrogens with one attached hydrogen (secondary N) is 2. The molecule has 46 heavy (non-hydrogen) atoms.